The van der Waals surface area contributed by atoms with Crippen molar-refractivity contribution in [2.45, 2.75) is 75.6 Å². The summed E-state index contributed by atoms with van der Waals surface area (Å²) >= 11 is 2.14. The predicted octanol–water partition coefficient (Wildman–Crippen LogP) is 3.26. The molecule has 0 N–H and O–H groups in total. The molecule has 54 heavy (non-hydrogen) atoms. The van der Waals surface area contributed by atoms with Crippen LogP contribution in [0.15, 0.2) is 88.4 Å². The minimum atomic E-state index is -1.12. The summed E-state index contributed by atoms with van der Waals surface area (Å²) in [4.78, 5) is 79.1. The quantitative estimate of drug-likeness (QED) is 0.0410. The lowest BCUT2D eigenvalue weighted by Gasteiger charge is -2.33. The highest BCUT2D eigenvalue weighted by Gasteiger charge is 2.57. The number of fused-ring (bicyclic) bond motifs is 2. The van der Waals surface area contributed by atoms with E-state index in [1.54, 1.807) is 0 Å². The molecule has 4 unspecified atom stereocenters. The van der Waals surface area contributed by atoms with E-state index in [-0.39, 0.29) is 74.0 Å². The molecule has 2 aromatic carbocycles. The van der Waals surface area contributed by atoms with E-state index < -0.39 is 54.5 Å². The average Bonchev–Trinajstić information content (AvgIpc) is 3.91. The van der Waals surface area contributed by atoms with Gasteiger partial charge in [0, 0.05) is 22.2 Å². The third kappa shape index (κ3) is 7.30. The van der Waals surface area contributed by atoms with Gasteiger partial charge in [-0.3, -0.25) is 19.4 Å². The Hall–Kier alpha value is -5.62. The van der Waals surface area contributed by atoms with Crippen molar-refractivity contribution in [2.75, 3.05) is 11.0 Å². The number of halogens is 1. The van der Waals surface area contributed by atoms with Gasteiger partial charge in [0.05, 0.1) is 30.5 Å². The van der Waals surface area contributed by atoms with Crippen molar-refractivity contribution in [3.8, 4) is 0 Å². The second-order valence-corrected chi connectivity index (χ2v) is 13.7. The number of nitrogens with zero attached hydrogens (tertiary/aromatic N) is 5. The fourth-order valence-corrected chi connectivity index (χ4v) is 7.18. The summed E-state index contributed by atoms with van der Waals surface area (Å²) in [5.74, 6) is -2.56. The second kappa shape index (κ2) is 15.8. The molecule has 8 rings (SSSR count). The number of alkyl halides is 1. The molecule has 0 bridgehead atoms. The summed E-state index contributed by atoms with van der Waals surface area (Å²) in [7, 11) is 0. The number of hydrogen-bond acceptors (Lipinski definition) is 13. The minimum Gasteiger partial charge on any atom is -0.471 e. The first kappa shape index (κ1) is 36.7. The number of amides is 2. The summed E-state index contributed by atoms with van der Waals surface area (Å²) < 4.78 is 33.3. The van der Waals surface area contributed by atoms with Crippen molar-refractivity contribution in [3.63, 3.8) is 0 Å². The molecule has 2 aromatic rings. The molecule has 6 heterocycles. The molecule has 6 aliphatic heterocycles. The first-order valence-electron chi connectivity index (χ1n) is 17.0. The first-order chi connectivity index (χ1) is 26.2. The number of ether oxygens (including phenoxy) is 6. The number of hydrogen-bond donors (Lipinski definition) is 0. The van der Waals surface area contributed by atoms with E-state index in [9.17, 15) is 28.8 Å². The van der Waals surface area contributed by atoms with Gasteiger partial charge < -0.3 is 28.4 Å². The molecule has 6 saturated heterocycles. The highest BCUT2D eigenvalue weighted by molar-refractivity contribution is 14.1. The standard InChI is InChI=1S/C18H16INO6.C18H16N4O6/c19-8-11-6-12(17(22)25-11)16-15(20-13(21)7-14(20)26-16)18(23)24-9-10-4-2-1-3-5-10;19-21-20-8-11-6-12(17(24)27-11)16-15(22-13(23)7-14(22)28-16)18(25)26-9-10-4-2-1-3-5-10/h1-5,11,14-15H,6-9H2;1-5,11,14-15H,6-9H2/b2*16-12+/t2*11?,14-,15?/m11/s1. The Kier molecular flexibility index (Phi) is 10.7. The van der Waals surface area contributed by atoms with Crippen molar-refractivity contribution in [1.29, 1.82) is 0 Å². The van der Waals surface area contributed by atoms with Gasteiger partial charge in [-0.15, -0.1) is 0 Å². The third-order valence-corrected chi connectivity index (χ3v) is 10.4. The highest BCUT2D eigenvalue weighted by atomic mass is 127. The van der Waals surface area contributed by atoms with Crippen LogP contribution in [0, 0.1) is 0 Å². The minimum absolute atomic E-state index is 0.0196. The maximum Gasteiger partial charge on any atom is 0.337 e. The molecular weight excluding hydrogens is 821 g/mol. The summed E-state index contributed by atoms with van der Waals surface area (Å²) in [6.45, 7) is 0.107. The molecule has 0 spiro atoms. The molecule has 280 valence electrons. The van der Waals surface area contributed by atoms with Crippen LogP contribution in [0.2, 0.25) is 0 Å². The number of rotatable bonds is 9. The largest absolute Gasteiger partial charge is 0.471 e. The third-order valence-electron chi connectivity index (χ3n) is 9.39. The number of cyclic esters (lactones) is 2. The van der Waals surface area contributed by atoms with Crippen LogP contribution in [0.1, 0.15) is 36.8 Å². The summed E-state index contributed by atoms with van der Waals surface area (Å²) in [5.41, 5.74) is 10.6. The van der Waals surface area contributed by atoms with Crippen LogP contribution in [0.5, 0.6) is 0 Å². The fraction of sp³-hybridized carbons (Fsp3) is 0.389. The summed E-state index contributed by atoms with van der Waals surface area (Å²) in [6, 6.07) is 16.2. The summed E-state index contributed by atoms with van der Waals surface area (Å²) in [6.07, 6.45) is -1.13. The number of β-lactam (4-membered cyclic amide) rings is 2. The van der Waals surface area contributed by atoms with Gasteiger partial charge in [0.25, 0.3) is 0 Å². The Balaban J connectivity index is 0.000000167. The van der Waals surface area contributed by atoms with Gasteiger partial charge in [-0.05, 0) is 16.7 Å². The molecule has 0 saturated carbocycles. The van der Waals surface area contributed by atoms with Crippen molar-refractivity contribution < 1.29 is 57.2 Å². The lowest BCUT2D eigenvalue weighted by atomic mass is 10.0. The van der Waals surface area contributed by atoms with Crippen LogP contribution < -0.4 is 0 Å². The molecule has 0 aromatic heterocycles. The van der Waals surface area contributed by atoms with Gasteiger partial charge in [0.2, 0.25) is 11.8 Å². The molecule has 18 heteroatoms. The number of carbonyl (C=O) groups excluding carboxylic acids is 6. The van der Waals surface area contributed by atoms with Gasteiger partial charge in [-0.2, -0.15) is 0 Å². The van der Waals surface area contributed by atoms with E-state index in [2.05, 4.69) is 32.6 Å². The van der Waals surface area contributed by atoms with Crippen molar-refractivity contribution >= 4 is 58.3 Å². The number of esters is 4. The van der Waals surface area contributed by atoms with Gasteiger partial charge in [0.15, 0.2) is 24.5 Å². The van der Waals surface area contributed by atoms with E-state index in [0.29, 0.717) is 16.4 Å². The molecule has 0 aliphatic carbocycles. The van der Waals surface area contributed by atoms with Crippen LogP contribution >= 0.6 is 22.6 Å². The molecule has 6 atom stereocenters. The smallest absolute Gasteiger partial charge is 0.337 e. The number of azide groups is 1. The zero-order valence-corrected chi connectivity index (χ0v) is 30.6. The normalized spacial score (nSPS) is 28.8. The van der Waals surface area contributed by atoms with Gasteiger partial charge in [-0.1, -0.05) is 88.4 Å². The zero-order chi connectivity index (χ0) is 37.9. The van der Waals surface area contributed by atoms with Crippen LogP contribution in [0.3, 0.4) is 0 Å². The van der Waals surface area contributed by atoms with E-state index >= 15 is 0 Å². The monoisotopic (exact) mass is 853 g/mol. The average molecular weight is 854 g/mol. The second-order valence-electron chi connectivity index (χ2n) is 12.9. The van der Waals surface area contributed by atoms with Gasteiger partial charge >= 0.3 is 23.9 Å². The van der Waals surface area contributed by atoms with Crippen molar-refractivity contribution in [3.05, 3.63) is 105 Å². The summed E-state index contributed by atoms with van der Waals surface area (Å²) in [5, 5.41) is 3.40. The van der Waals surface area contributed by atoms with Gasteiger partial charge in [0.1, 0.15) is 36.9 Å². The van der Waals surface area contributed by atoms with E-state index in [1.165, 1.54) is 9.80 Å². The lowest BCUT2D eigenvalue weighted by molar-refractivity contribution is -0.166. The SMILES string of the molecule is O=C1OC(CI)C/C1=C1\O[C@@H]2CC(=O)N2C1C(=O)OCc1ccccc1.[N-]=[N+]=NCC1C/C(=C2\O[C@@H]3CC(=O)N3C2C(=O)OCc2ccccc2)C(=O)O1. The Morgan fingerprint density at radius 2 is 1.15 bits per heavy atom. The Bertz CT molecular complexity index is 1980. The molecule has 17 nitrogen and oxygen atoms in total. The van der Waals surface area contributed by atoms with Crippen molar-refractivity contribution in [2.24, 2.45) is 5.11 Å². The molecule has 0 radical (unpaired) electrons. The predicted molar refractivity (Wildman–Crippen MR) is 189 cm³/mol. The zero-order valence-electron chi connectivity index (χ0n) is 28.4. The lowest BCUT2D eigenvalue weighted by Crippen LogP contribution is -2.55. The van der Waals surface area contributed by atoms with Crippen LogP contribution in [0.4, 0.5) is 0 Å². The maximum absolute atomic E-state index is 12.7. The Morgan fingerprint density at radius 1 is 0.704 bits per heavy atom. The maximum atomic E-state index is 12.7. The molecule has 2 amide bonds. The fourth-order valence-electron chi connectivity index (χ4n) is 6.69. The first-order valence-corrected chi connectivity index (χ1v) is 18.5. The highest BCUT2D eigenvalue weighted by Crippen LogP contribution is 2.42. The van der Waals surface area contributed by atoms with Crippen LogP contribution in [-0.2, 0) is 70.4 Å². The molecular formula is C36H32IN5O12. The van der Waals surface area contributed by atoms with Crippen LogP contribution in [-0.4, -0.2) is 93.2 Å². The molecule has 6 fully saturated rings. The van der Waals surface area contributed by atoms with E-state index in [0.717, 1.165) is 11.1 Å². The topological polar surface area (TPSA) is 213 Å². The molecule has 6 aliphatic rings. The number of benzene rings is 2. The van der Waals surface area contributed by atoms with Crippen LogP contribution in [0.25, 0.3) is 10.4 Å². The van der Waals surface area contributed by atoms with E-state index in [4.69, 9.17) is 34.0 Å². The number of carbonyl (C=O) groups is 6. The Morgan fingerprint density at radius 3 is 1.56 bits per heavy atom. The van der Waals surface area contributed by atoms with Crippen molar-refractivity contribution in [1.82, 2.24) is 9.80 Å². The Labute approximate surface area is 320 Å². The van der Waals surface area contributed by atoms with E-state index in [1.807, 2.05) is 60.7 Å². The van der Waals surface area contributed by atoms with Gasteiger partial charge in [-0.25, -0.2) is 19.2 Å².